The molecule has 2 aromatic carbocycles. The Hall–Kier alpha value is -2.78. The highest BCUT2D eigenvalue weighted by Gasteiger charge is 2.21. The summed E-state index contributed by atoms with van der Waals surface area (Å²) in [7, 11) is 0. The minimum Gasteiger partial charge on any atom is -0.458 e. The van der Waals surface area contributed by atoms with Gasteiger partial charge in [0.25, 0.3) is 0 Å². The third kappa shape index (κ3) is 8.10. The first-order chi connectivity index (χ1) is 14.8. The topological polar surface area (TPSA) is 90.9 Å². The fraction of sp³-hybridized carbons (Fsp3) is 0.227. The largest absolute Gasteiger partial charge is 0.458 e. The van der Waals surface area contributed by atoms with Crippen molar-refractivity contribution in [2.24, 2.45) is 0 Å². The summed E-state index contributed by atoms with van der Waals surface area (Å²) in [5, 5.41) is 2.61. The van der Waals surface area contributed by atoms with Crippen molar-refractivity contribution < 1.29 is 28.6 Å². The maximum absolute atomic E-state index is 12.3. The molecule has 2 aromatic rings. The molecule has 0 radical (unpaired) electrons. The van der Waals surface area contributed by atoms with Gasteiger partial charge in [-0.1, -0.05) is 24.8 Å². The van der Waals surface area contributed by atoms with E-state index in [-0.39, 0.29) is 18.8 Å². The van der Waals surface area contributed by atoms with Gasteiger partial charge in [0, 0.05) is 20.6 Å². The molecule has 1 N–H and O–H groups in total. The molecule has 0 aliphatic rings. The Morgan fingerprint density at radius 2 is 1.81 bits per heavy atom. The molecule has 0 saturated heterocycles. The Bertz CT molecular complexity index is 965. The number of hydrogen-bond acceptors (Lipinski definition) is 7. The summed E-state index contributed by atoms with van der Waals surface area (Å²) in [6.07, 6.45) is 0.132. The first kappa shape index (κ1) is 24.5. The van der Waals surface area contributed by atoms with Crippen LogP contribution >= 0.6 is 27.7 Å². The van der Waals surface area contributed by atoms with Crippen molar-refractivity contribution in [1.82, 2.24) is 0 Å². The Labute approximate surface area is 193 Å². The predicted molar refractivity (Wildman–Crippen MR) is 122 cm³/mol. The van der Waals surface area contributed by atoms with Crippen LogP contribution in [0.3, 0.4) is 0 Å². The molecule has 0 bridgehead atoms. The molecule has 164 valence electrons. The van der Waals surface area contributed by atoms with E-state index in [4.69, 9.17) is 14.2 Å². The first-order valence-electron chi connectivity index (χ1n) is 9.16. The minimum absolute atomic E-state index is 0.197. The first-order valence-corrected chi connectivity index (χ1v) is 11.2. The smallest absolute Gasteiger partial charge is 0.412 e. The van der Waals surface area contributed by atoms with Gasteiger partial charge in [-0.3, -0.25) is 5.32 Å². The molecule has 0 aromatic heterocycles. The van der Waals surface area contributed by atoms with Crippen LogP contribution in [0.25, 0.3) is 0 Å². The zero-order valence-corrected chi connectivity index (χ0v) is 19.5. The molecular weight excluding hydrogens is 486 g/mol. The summed E-state index contributed by atoms with van der Waals surface area (Å²) in [5.41, 5.74) is 1.06. The molecule has 0 heterocycles. The fourth-order valence-corrected chi connectivity index (χ4v) is 3.19. The molecule has 0 fully saturated rings. The molecule has 0 aliphatic carbocycles. The van der Waals surface area contributed by atoms with E-state index in [1.807, 2.05) is 12.3 Å². The van der Waals surface area contributed by atoms with Crippen molar-refractivity contribution in [3.8, 4) is 0 Å². The number of carbonyl (C=O) groups excluding carboxylic acids is 3. The molecule has 7 nitrogen and oxygen atoms in total. The molecule has 0 spiro atoms. The van der Waals surface area contributed by atoms with Crippen LogP contribution in [0.2, 0.25) is 0 Å². The number of hydrogen-bond donors (Lipinski definition) is 1. The molecule has 1 unspecified atom stereocenters. The second-order valence-corrected chi connectivity index (χ2v) is 8.08. The quantitative estimate of drug-likeness (QED) is 0.219. The highest BCUT2D eigenvalue weighted by atomic mass is 79.9. The monoisotopic (exact) mass is 507 g/mol. The highest BCUT2D eigenvalue weighted by molar-refractivity contribution is 9.10. The van der Waals surface area contributed by atoms with Crippen LogP contribution in [0.5, 0.6) is 0 Å². The molecule has 1 amide bonds. The molecular formula is C22H22BrNO6S. The van der Waals surface area contributed by atoms with Gasteiger partial charge in [-0.15, -0.1) is 11.8 Å². The lowest BCUT2D eigenvalue weighted by Gasteiger charge is -2.18. The summed E-state index contributed by atoms with van der Waals surface area (Å²) in [4.78, 5) is 37.3. The van der Waals surface area contributed by atoms with Crippen molar-refractivity contribution in [1.29, 1.82) is 0 Å². The Morgan fingerprint density at radius 3 is 2.48 bits per heavy atom. The Morgan fingerprint density at radius 1 is 1.10 bits per heavy atom. The molecule has 0 aliphatic heterocycles. The number of halogens is 1. The van der Waals surface area contributed by atoms with Crippen LogP contribution in [0.1, 0.15) is 17.3 Å². The molecule has 0 saturated carbocycles. The Balaban J connectivity index is 2.01. The van der Waals surface area contributed by atoms with Crippen molar-refractivity contribution >= 4 is 51.4 Å². The van der Waals surface area contributed by atoms with E-state index in [0.29, 0.717) is 15.7 Å². The van der Waals surface area contributed by atoms with Crippen LogP contribution in [0, 0.1) is 0 Å². The van der Waals surface area contributed by atoms with E-state index >= 15 is 0 Å². The van der Waals surface area contributed by atoms with E-state index in [0.717, 1.165) is 4.90 Å². The van der Waals surface area contributed by atoms with Crippen LogP contribution in [-0.2, 0) is 19.0 Å². The maximum atomic E-state index is 12.3. The predicted octanol–water partition coefficient (Wildman–Crippen LogP) is 5.06. The number of ether oxygens (including phenoxy) is 3. The van der Waals surface area contributed by atoms with E-state index in [9.17, 15) is 14.4 Å². The highest BCUT2D eigenvalue weighted by Crippen LogP contribution is 2.20. The molecule has 2 rings (SSSR count). The van der Waals surface area contributed by atoms with Gasteiger partial charge in [0.1, 0.15) is 13.2 Å². The number of amides is 1. The number of rotatable bonds is 9. The molecule has 1 atom stereocenters. The summed E-state index contributed by atoms with van der Waals surface area (Å²) >= 11 is 4.81. The van der Waals surface area contributed by atoms with Gasteiger partial charge in [-0.05, 0) is 59.4 Å². The zero-order valence-electron chi connectivity index (χ0n) is 17.1. The summed E-state index contributed by atoms with van der Waals surface area (Å²) in [5.74, 6) is -1.25. The average Bonchev–Trinajstić information content (AvgIpc) is 2.75. The SMILES string of the molecule is C=C(C)C(=O)OCC(COC(=O)c1ccccc1Br)OC(=O)Nc1cccc(SC)c1. The maximum Gasteiger partial charge on any atom is 0.412 e. The van der Waals surface area contributed by atoms with Gasteiger partial charge in [0.15, 0.2) is 6.10 Å². The Kier molecular flexibility index (Phi) is 9.61. The van der Waals surface area contributed by atoms with E-state index in [2.05, 4.69) is 27.8 Å². The van der Waals surface area contributed by atoms with Crippen LogP contribution in [0.4, 0.5) is 10.5 Å². The van der Waals surface area contributed by atoms with Crippen LogP contribution < -0.4 is 5.32 Å². The van der Waals surface area contributed by atoms with Gasteiger partial charge < -0.3 is 14.2 Å². The second-order valence-electron chi connectivity index (χ2n) is 6.34. The number of carbonyl (C=O) groups is 3. The fourth-order valence-electron chi connectivity index (χ4n) is 2.28. The third-order valence-electron chi connectivity index (χ3n) is 3.83. The standard InChI is InChI=1S/C22H22BrNO6S/c1-14(2)20(25)28-12-16(13-29-21(26)18-9-4-5-10-19(18)23)30-22(27)24-15-7-6-8-17(11-15)31-3/h4-11,16H,1,12-13H2,2-3H3,(H,24,27). The van der Waals surface area contributed by atoms with Crippen molar-refractivity contribution in [2.75, 3.05) is 24.8 Å². The van der Waals surface area contributed by atoms with E-state index < -0.39 is 24.1 Å². The third-order valence-corrected chi connectivity index (χ3v) is 5.25. The molecule has 9 heteroatoms. The van der Waals surface area contributed by atoms with Gasteiger partial charge in [-0.2, -0.15) is 0 Å². The second kappa shape index (κ2) is 12.2. The van der Waals surface area contributed by atoms with Gasteiger partial charge >= 0.3 is 18.0 Å². The number of thioether (sulfide) groups is 1. The summed E-state index contributed by atoms with van der Waals surface area (Å²) in [6.45, 7) is 4.40. The number of nitrogens with one attached hydrogen (secondary N) is 1. The lowest BCUT2D eigenvalue weighted by atomic mass is 10.2. The lowest BCUT2D eigenvalue weighted by Crippen LogP contribution is -2.32. The van der Waals surface area contributed by atoms with Gasteiger partial charge in [0.05, 0.1) is 5.56 Å². The van der Waals surface area contributed by atoms with E-state index in [1.54, 1.807) is 42.5 Å². The van der Waals surface area contributed by atoms with Gasteiger partial charge in [0.2, 0.25) is 0 Å². The minimum atomic E-state index is -1.02. The van der Waals surface area contributed by atoms with Crippen LogP contribution in [0.15, 0.2) is 70.1 Å². The lowest BCUT2D eigenvalue weighted by molar-refractivity contribution is -0.142. The van der Waals surface area contributed by atoms with Crippen molar-refractivity contribution in [3.63, 3.8) is 0 Å². The van der Waals surface area contributed by atoms with E-state index in [1.165, 1.54) is 18.7 Å². The van der Waals surface area contributed by atoms with Crippen molar-refractivity contribution in [2.45, 2.75) is 17.9 Å². The summed E-state index contributed by atoms with van der Waals surface area (Å²) < 4.78 is 16.2. The number of anilines is 1. The zero-order chi connectivity index (χ0) is 22.8. The van der Waals surface area contributed by atoms with Crippen molar-refractivity contribution in [3.05, 3.63) is 70.7 Å². The molecule has 31 heavy (non-hydrogen) atoms. The number of benzene rings is 2. The normalized spacial score (nSPS) is 11.2. The summed E-state index contributed by atoms with van der Waals surface area (Å²) in [6, 6.07) is 14.0. The number of esters is 2. The average molecular weight is 508 g/mol. The van der Waals surface area contributed by atoms with Crippen LogP contribution in [-0.4, -0.2) is 43.6 Å². The van der Waals surface area contributed by atoms with Gasteiger partial charge in [-0.25, -0.2) is 14.4 Å².